The smallest absolute Gasteiger partial charge is 0.316 e. The summed E-state index contributed by atoms with van der Waals surface area (Å²) in [5, 5.41) is 9.24. The van der Waals surface area contributed by atoms with Gasteiger partial charge in [0.2, 0.25) is 0 Å². The summed E-state index contributed by atoms with van der Waals surface area (Å²) >= 11 is 0. The van der Waals surface area contributed by atoms with E-state index in [0.717, 1.165) is 16.7 Å². The van der Waals surface area contributed by atoms with Crippen LogP contribution in [0.25, 0.3) is 11.1 Å². The molecule has 0 saturated heterocycles. The Morgan fingerprint density at radius 3 is 2.31 bits per heavy atom. The zero-order chi connectivity index (χ0) is 19.1. The Bertz CT molecular complexity index is 816. The third-order valence-electron chi connectivity index (χ3n) is 4.24. The van der Waals surface area contributed by atoms with E-state index in [0.29, 0.717) is 12.0 Å². The summed E-state index contributed by atoms with van der Waals surface area (Å²) in [6, 6.07) is 17.2. The number of nitriles is 1. The Balaban J connectivity index is 2.24. The molecule has 0 aliphatic rings. The van der Waals surface area contributed by atoms with Gasteiger partial charge in [0.1, 0.15) is 11.7 Å². The summed E-state index contributed by atoms with van der Waals surface area (Å²) in [5.41, 5.74) is 3.28. The maximum absolute atomic E-state index is 12.4. The van der Waals surface area contributed by atoms with Crippen molar-refractivity contribution >= 4 is 11.8 Å². The van der Waals surface area contributed by atoms with Crippen LogP contribution < -0.4 is 0 Å². The number of carbonyl (C=O) groups is 2. The van der Waals surface area contributed by atoms with Crippen molar-refractivity contribution in [3.05, 3.63) is 59.7 Å². The van der Waals surface area contributed by atoms with Crippen LogP contribution in [0.15, 0.2) is 48.5 Å². The van der Waals surface area contributed by atoms with E-state index >= 15 is 0 Å². The van der Waals surface area contributed by atoms with Gasteiger partial charge in [-0.25, -0.2) is 0 Å². The van der Waals surface area contributed by atoms with Crippen LogP contribution in [0.5, 0.6) is 0 Å². The Morgan fingerprint density at radius 1 is 1.08 bits per heavy atom. The highest BCUT2D eigenvalue weighted by Gasteiger charge is 2.29. The van der Waals surface area contributed by atoms with E-state index in [1.54, 1.807) is 26.8 Å². The first kappa shape index (κ1) is 19.4. The standard InChI is InChI=1S/C22H23NO3/c1-4-26-22(25)20(21(24)15(2)3)13-16-9-11-17(12-10-16)19-8-6-5-7-18(19)14-23/h5-12,15,20H,4,13H2,1-3H3. The lowest BCUT2D eigenvalue weighted by Crippen LogP contribution is -2.31. The Hall–Kier alpha value is -2.93. The molecule has 0 spiro atoms. The van der Waals surface area contributed by atoms with Gasteiger partial charge < -0.3 is 4.74 Å². The third-order valence-corrected chi connectivity index (χ3v) is 4.24. The molecule has 1 atom stereocenters. The van der Waals surface area contributed by atoms with Gasteiger partial charge in [-0.05, 0) is 36.1 Å². The van der Waals surface area contributed by atoms with Gasteiger partial charge in [-0.3, -0.25) is 9.59 Å². The Kier molecular flexibility index (Phi) is 6.68. The topological polar surface area (TPSA) is 67.2 Å². The number of rotatable bonds is 7. The molecular weight excluding hydrogens is 326 g/mol. The molecule has 0 radical (unpaired) electrons. The minimum atomic E-state index is -0.785. The molecule has 0 N–H and O–H groups in total. The van der Waals surface area contributed by atoms with E-state index in [2.05, 4.69) is 6.07 Å². The first-order chi connectivity index (χ1) is 12.5. The van der Waals surface area contributed by atoms with Crippen molar-refractivity contribution in [2.75, 3.05) is 6.61 Å². The molecule has 0 aromatic heterocycles. The third kappa shape index (κ3) is 4.58. The minimum absolute atomic E-state index is 0.109. The van der Waals surface area contributed by atoms with Gasteiger partial charge in [0, 0.05) is 5.92 Å². The van der Waals surface area contributed by atoms with Crippen LogP contribution in [0.4, 0.5) is 0 Å². The zero-order valence-electron chi connectivity index (χ0n) is 15.4. The predicted molar refractivity (Wildman–Crippen MR) is 100 cm³/mol. The van der Waals surface area contributed by atoms with Crippen molar-refractivity contribution in [1.82, 2.24) is 0 Å². The number of Topliss-reactive ketones (excluding diaryl/α,β-unsaturated/α-hetero) is 1. The fourth-order valence-corrected chi connectivity index (χ4v) is 2.83. The lowest BCUT2D eigenvalue weighted by atomic mass is 9.89. The van der Waals surface area contributed by atoms with Crippen molar-refractivity contribution in [1.29, 1.82) is 5.26 Å². The Morgan fingerprint density at radius 2 is 1.73 bits per heavy atom. The van der Waals surface area contributed by atoms with Gasteiger partial charge in [-0.2, -0.15) is 5.26 Å². The molecule has 0 saturated carbocycles. The average Bonchev–Trinajstić information content (AvgIpc) is 2.66. The fourth-order valence-electron chi connectivity index (χ4n) is 2.83. The van der Waals surface area contributed by atoms with Crippen molar-refractivity contribution in [3.8, 4) is 17.2 Å². The fraction of sp³-hybridized carbons (Fsp3) is 0.318. The van der Waals surface area contributed by atoms with Crippen LogP contribution >= 0.6 is 0 Å². The van der Waals surface area contributed by atoms with E-state index in [9.17, 15) is 14.9 Å². The molecule has 0 aliphatic carbocycles. The van der Waals surface area contributed by atoms with Gasteiger partial charge in [-0.15, -0.1) is 0 Å². The van der Waals surface area contributed by atoms with E-state index in [4.69, 9.17) is 4.74 Å². The molecule has 4 heteroatoms. The highest BCUT2D eigenvalue weighted by molar-refractivity contribution is 6.00. The van der Waals surface area contributed by atoms with Gasteiger partial charge in [0.05, 0.1) is 18.2 Å². The molecular formula is C22H23NO3. The quantitative estimate of drug-likeness (QED) is 0.556. The zero-order valence-corrected chi connectivity index (χ0v) is 15.4. The monoisotopic (exact) mass is 349 g/mol. The number of carbonyl (C=O) groups excluding carboxylic acids is 2. The average molecular weight is 349 g/mol. The highest BCUT2D eigenvalue weighted by atomic mass is 16.5. The lowest BCUT2D eigenvalue weighted by Gasteiger charge is -2.17. The second kappa shape index (κ2) is 8.96. The van der Waals surface area contributed by atoms with E-state index in [-0.39, 0.29) is 18.3 Å². The van der Waals surface area contributed by atoms with Crippen LogP contribution in [0.2, 0.25) is 0 Å². The predicted octanol–water partition coefficient (Wildman–Crippen LogP) is 4.17. The summed E-state index contributed by atoms with van der Waals surface area (Å²) < 4.78 is 5.08. The molecule has 1 unspecified atom stereocenters. The number of ether oxygens (including phenoxy) is 1. The van der Waals surface area contributed by atoms with Crippen molar-refractivity contribution < 1.29 is 14.3 Å². The summed E-state index contributed by atoms with van der Waals surface area (Å²) in [4.78, 5) is 24.6. The van der Waals surface area contributed by atoms with Crippen LogP contribution in [-0.4, -0.2) is 18.4 Å². The second-order valence-corrected chi connectivity index (χ2v) is 6.42. The van der Waals surface area contributed by atoms with Gasteiger partial charge in [0.15, 0.2) is 0 Å². The van der Waals surface area contributed by atoms with Crippen molar-refractivity contribution in [2.24, 2.45) is 11.8 Å². The maximum Gasteiger partial charge on any atom is 0.316 e. The van der Waals surface area contributed by atoms with Crippen LogP contribution in [0.3, 0.4) is 0 Å². The number of esters is 1. The lowest BCUT2D eigenvalue weighted by molar-refractivity contribution is -0.152. The largest absolute Gasteiger partial charge is 0.465 e. The first-order valence-corrected chi connectivity index (χ1v) is 8.76. The number of hydrogen-bond acceptors (Lipinski definition) is 4. The van der Waals surface area contributed by atoms with E-state index < -0.39 is 11.9 Å². The molecule has 134 valence electrons. The van der Waals surface area contributed by atoms with Crippen LogP contribution in [0.1, 0.15) is 31.9 Å². The Labute approximate surface area is 154 Å². The molecule has 2 rings (SSSR count). The first-order valence-electron chi connectivity index (χ1n) is 8.76. The van der Waals surface area contributed by atoms with E-state index in [1.165, 1.54) is 0 Å². The van der Waals surface area contributed by atoms with E-state index in [1.807, 2.05) is 42.5 Å². The van der Waals surface area contributed by atoms with Crippen molar-refractivity contribution in [3.63, 3.8) is 0 Å². The molecule has 0 heterocycles. The molecule has 2 aromatic carbocycles. The molecule has 0 fully saturated rings. The minimum Gasteiger partial charge on any atom is -0.465 e. The highest BCUT2D eigenvalue weighted by Crippen LogP contribution is 2.25. The molecule has 2 aromatic rings. The van der Waals surface area contributed by atoms with Crippen LogP contribution in [0, 0.1) is 23.2 Å². The molecule has 4 nitrogen and oxygen atoms in total. The molecule has 0 aliphatic heterocycles. The molecule has 0 bridgehead atoms. The summed E-state index contributed by atoms with van der Waals surface area (Å²) in [6.07, 6.45) is 0.315. The SMILES string of the molecule is CCOC(=O)C(Cc1ccc(-c2ccccc2C#N)cc1)C(=O)C(C)C. The summed E-state index contributed by atoms with van der Waals surface area (Å²) in [6.45, 7) is 5.56. The van der Waals surface area contributed by atoms with Gasteiger partial charge in [0.25, 0.3) is 0 Å². The normalized spacial score (nSPS) is 11.7. The van der Waals surface area contributed by atoms with Crippen molar-refractivity contribution in [2.45, 2.75) is 27.2 Å². The van der Waals surface area contributed by atoms with Crippen LogP contribution in [-0.2, 0) is 20.7 Å². The number of hydrogen-bond donors (Lipinski definition) is 0. The number of benzene rings is 2. The van der Waals surface area contributed by atoms with Gasteiger partial charge in [-0.1, -0.05) is 56.3 Å². The molecule has 0 amide bonds. The second-order valence-electron chi connectivity index (χ2n) is 6.42. The maximum atomic E-state index is 12.4. The summed E-state index contributed by atoms with van der Waals surface area (Å²) in [7, 11) is 0. The number of nitrogens with zero attached hydrogens (tertiary/aromatic N) is 1. The summed E-state index contributed by atoms with van der Waals surface area (Å²) in [5.74, 6) is -1.59. The molecule has 26 heavy (non-hydrogen) atoms. The van der Waals surface area contributed by atoms with Gasteiger partial charge >= 0.3 is 5.97 Å². The number of ketones is 1.